The summed E-state index contributed by atoms with van der Waals surface area (Å²) in [5, 5.41) is 10.2. The summed E-state index contributed by atoms with van der Waals surface area (Å²) >= 11 is 0. The number of rotatable bonds is 9. The number of benzene rings is 1. The molecular weight excluding hydrogens is 548 g/mol. The molecule has 3 aromatic heterocycles. The van der Waals surface area contributed by atoms with Crippen molar-refractivity contribution in [2.45, 2.75) is 37.5 Å². The molecule has 218 valence electrons. The summed E-state index contributed by atoms with van der Waals surface area (Å²) in [6.45, 7) is 0.221. The first-order valence-corrected chi connectivity index (χ1v) is 12.6. The summed E-state index contributed by atoms with van der Waals surface area (Å²) in [7, 11) is 1.35. The van der Waals surface area contributed by atoms with E-state index in [-0.39, 0.29) is 49.1 Å². The molecule has 41 heavy (non-hydrogen) atoms. The van der Waals surface area contributed by atoms with E-state index < -0.39 is 29.7 Å². The molecule has 2 atom stereocenters. The Hall–Kier alpha value is -4.08. The van der Waals surface area contributed by atoms with Crippen LogP contribution >= 0.6 is 0 Å². The second kappa shape index (κ2) is 11.4. The molecule has 1 aromatic carbocycles. The predicted molar refractivity (Wildman–Crippen MR) is 141 cm³/mol. The first-order chi connectivity index (χ1) is 19.6. The largest absolute Gasteiger partial charge is 0.464 e. The molecule has 0 spiro atoms. The number of alkyl halides is 2. The Kier molecular flexibility index (Phi) is 7.93. The summed E-state index contributed by atoms with van der Waals surface area (Å²) in [4.78, 5) is 18.6. The van der Waals surface area contributed by atoms with Crippen LogP contribution in [-0.2, 0) is 11.3 Å². The van der Waals surface area contributed by atoms with E-state index in [0.717, 1.165) is 12.1 Å². The number of pyridine rings is 1. The molecule has 1 aliphatic rings. The van der Waals surface area contributed by atoms with Gasteiger partial charge in [0.25, 0.3) is 6.43 Å². The fourth-order valence-electron chi connectivity index (χ4n) is 5.01. The van der Waals surface area contributed by atoms with Crippen LogP contribution in [0.1, 0.15) is 18.4 Å². The highest BCUT2D eigenvalue weighted by molar-refractivity contribution is 5.81. The zero-order valence-corrected chi connectivity index (χ0v) is 22.0. The Bertz CT molecular complexity index is 1550. The topological polar surface area (TPSA) is 150 Å². The maximum atomic E-state index is 15.1. The van der Waals surface area contributed by atoms with Gasteiger partial charge in [0.2, 0.25) is 0 Å². The van der Waals surface area contributed by atoms with E-state index in [1.807, 2.05) is 0 Å². The van der Waals surface area contributed by atoms with E-state index in [2.05, 4.69) is 19.9 Å². The highest BCUT2D eigenvalue weighted by Gasteiger charge is 2.43. The van der Waals surface area contributed by atoms with Crippen molar-refractivity contribution in [2.24, 2.45) is 5.73 Å². The molecule has 4 heterocycles. The van der Waals surface area contributed by atoms with Crippen molar-refractivity contribution in [2.75, 3.05) is 37.6 Å². The van der Waals surface area contributed by atoms with Crippen LogP contribution in [0.4, 0.5) is 29.1 Å². The van der Waals surface area contributed by atoms with Gasteiger partial charge in [-0.2, -0.15) is 0 Å². The maximum absolute atomic E-state index is 15.1. The molecule has 1 aliphatic heterocycles. The number of anilines is 2. The zero-order valence-electron chi connectivity index (χ0n) is 22.0. The number of piperidine rings is 1. The van der Waals surface area contributed by atoms with Crippen LogP contribution in [0, 0.1) is 11.6 Å². The Morgan fingerprint density at radius 2 is 1.93 bits per heavy atom. The Morgan fingerprint density at radius 3 is 2.68 bits per heavy atom. The Morgan fingerprint density at radius 1 is 1.12 bits per heavy atom. The monoisotopic (exact) mass is 576 g/mol. The third-order valence-corrected chi connectivity index (χ3v) is 7.09. The molecule has 4 aromatic rings. The molecule has 5 rings (SSSR count). The van der Waals surface area contributed by atoms with Crippen LogP contribution in [0.3, 0.4) is 0 Å². The van der Waals surface area contributed by atoms with Crippen LogP contribution in [-0.4, -0.2) is 74.7 Å². The molecule has 1 saturated heterocycles. The van der Waals surface area contributed by atoms with E-state index in [9.17, 15) is 18.3 Å². The number of aromatic nitrogens is 5. The average molecular weight is 577 g/mol. The fraction of sp³-hybridized carbons (Fsp3) is 0.385. The summed E-state index contributed by atoms with van der Waals surface area (Å²) in [5.74, 6) is -1.74. The molecule has 0 saturated carbocycles. The number of imidazole rings is 1. The number of nitrogens with zero attached hydrogens (tertiary/aromatic N) is 6. The number of ether oxygens (including phenoxy) is 2. The average Bonchev–Trinajstić information content (AvgIpc) is 3.36. The smallest absolute Gasteiger partial charge is 0.265 e. The fourth-order valence-corrected chi connectivity index (χ4v) is 5.01. The summed E-state index contributed by atoms with van der Waals surface area (Å²) in [6.07, 6.45) is -0.182. The molecular formula is C26H28F4N8O3. The number of fused-ring (bicyclic) bond motifs is 1. The third-order valence-electron chi connectivity index (χ3n) is 7.09. The van der Waals surface area contributed by atoms with Gasteiger partial charge in [-0.15, -0.1) is 0 Å². The number of hydrogen-bond acceptors (Lipinski definition) is 10. The van der Waals surface area contributed by atoms with Crippen molar-refractivity contribution < 1.29 is 32.1 Å². The number of aliphatic hydroxyl groups excluding tert-OH is 1. The lowest BCUT2D eigenvalue weighted by atomic mass is 9.84. The first-order valence-electron chi connectivity index (χ1n) is 12.6. The summed E-state index contributed by atoms with van der Waals surface area (Å²) in [5.41, 5.74) is 12.5. The number of halogens is 4. The molecule has 0 unspecified atom stereocenters. The lowest BCUT2D eigenvalue weighted by Gasteiger charge is -2.44. The second-order valence-corrected chi connectivity index (χ2v) is 9.85. The van der Waals surface area contributed by atoms with E-state index in [1.165, 1.54) is 26.0 Å². The molecule has 0 radical (unpaired) electrons. The highest BCUT2D eigenvalue weighted by Crippen LogP contribution is 2.35. The Balaban J connectivity index is 1.58. The molecule has 11 nitrogen and oxygen atoms in total. The minimum Gasteiger partial charge on any atom is -0.464 e. The number of nitrogen functional groups attached to an aromatic ring is 1. The van der Waals surface area contributed by atoms with Gasteiger partial charge in [-0.3, -0.25) is 4.98 Å². The van der Waals surface area contributed by atoms with Crippen molar-refractivity contribution in [1.29, 1.82) is 0 Å². The molecule has 0 amide bonds. The number of methoxy groups -OCH3 is 1. The van der Waals surface area contributed by atoms with E-state index in [0.29, 0.717) is 35.4 Å². The zero-order chi connectivity index (χ0) is 29.3. The summed E-state index contributed by atoms with van der Waals surface area (Å²) in [6, 6.07) is 3.44. The van der Waals surface area contributed by atoms with Crippen molar-refractivity contribution in [3.63, 3.8) is 0 Å². The molecule has 1 fully saturated rings. The highest BCUT2D eigenvalue weighted by atomic mass is 19.3. The van der Waals surface area contributed by atoms with Crippen LogP contribution in [0.15, 0.2) is 37.1 Å². The van der Waals surface area contributed by atoms with Crippen LogP contribution in [0.25, 0.3) is 22.4 Å². The SMILES string of the molecule is COCOc1cc(F)c(-c2cc(Cn3cnc4c(N)ncnc43)c(N3CCC[C@](N)([C@H](O)C(F)F)C3)cn2)cc1F. The van der Waals surface area contributed by atoms with E-state index in [1.54, 1.807) is 15.5 Å². The second-order valence-electron chi connectivity index (χ2n) is 9.85. The van der Waals surface area contributed by atoms with Crippen molar-refractivity contribution in [1.82, 2.24) is 24.5 Å². The third kappa shape index (κ3) is 5.60. The molecule has 5 N–H and O–H groups in total. The van der Waals surface area contributed by atoms with Gasteiger partial charge >= 0.3 is 0 Å². The van der Waals surface area contributed by atoms with Crippen LogP contribution in [0.5, 0.6) is 5.75 Å². The number of hydrogen-bond donors (Lipinski definition) is 3. The van der Waals surface area contributed by atoms with E-state index in [4.69, 9.17) is 20.9 Å². The van der Waals surface area contributed by atoms with Gasteiger partial charge in [-0.1, -0.05) is 0 Å². The van der Waals surface area contributed by atoms with Gasteiger partial charge in [-0.05, 0) is 30.5 Å². The van der Waals surface area contributed by atoms with Gasteiger partial charge in [0.05, 0.1) is 36.0 Å². The number of aliphatic hydroxyl groups is 1. The van der Waals surface area contributed by atoms with Crippen molar-refractivity contribution in [3.05, 3.63) is 54.2 Å². The van der Waals surface area contributed by atoms with Gasteiger partial charge in [0.15, 0.2) is 29.8 Å². The van der Waals surface area contributed by atoms with Gasteiger partial charge in [-0.25, -0.2) is 32.5 Å². The van der Waals surface area contributed by atoms with Gasteiger partial charge < -0.3 is 35.5 Å². The minimum atomic E-state index is -3.02. The lowest BCUT2D eigenvalue weighted by molar-refractivity contribution is -0.0529. The van der Waals surface area contributed by atoms with Gasteiger partial charge in [0.1, 0.15) is 23.8 Å². The normalized spacial score (nSPS) is 18.3. The maximum Gasteiger partial charge on any atom is 0.265 e. The van der Waals surface area contributed by atoms with Gasteiger partial charge in [0, 0.05) is 31.8 Å². The van der Waals surface area contributed by atoms with Crippen molar-refractivity contribution in [3.8, 4) is 17.0 Å². The molecule has 0 bridgehead atoms. The summed E-state index contributed by atoms with van der Waals surface area (Å²) < 4.78 is 68.2. The van der Waals surface area contributed by atoms with Crippen LogP contribution < -0.4 is 21.1 Å². The number of nitrogens with two attached hydrogens (primary N) is 2. The molecule has 15 heteroatoms. The quantitative estimate of drug-likeness (QED) is 0.200. The molecule has 0 aliphatic carbocycles. The van der Waals surface area contributed by atoms with Crippen LogP contribution in [0.2, 0.25) is 0 Å². The minimum absolute atomic E-state index is 0.0825. The predicted octanol–water partition coefficient (Wildman–Crippen LogP) is 2.70. The standard InChI is InChI=1S/C26H28F4N8O3/c1-40-13-41-20-7-16(27)15(6-17(20)28)18-5-14(9-38-12-36-21-24(31)34-11-35-25(21)38)19(8-33-18)37-4-2-3-26(32,10-37)22(39)23(29)30/h5-8,11-12,22-23,39H,2-4,9-10,13,32H2,1H3,(H2,31,34,35)/t22-,26-/m1/s1. The van der Waals surface area contributed by atoms with E-state index >= 15 is 4.39 Å². The van der Waals surface area contributed by atoms with Crippen molar-refractivity contribution >= 4 is 22.7 Å². The first kappa shape index (κ1) is 28.4. The lowest BCUT2D eigenvalue weighted by Crippen LogP contribution is -2.63. The Labute approximate surface area is 231 Å².